The molecule has 0 unspecified atom stereocenters. The quantitative estimate of drug-likeness (QED) is 0.351. The Labute approximate surface area is 210 Å². The van der Waals surface area contributed by atoms with E-state index in [1.165, 1.54) is 0 Å². The number of benzene rings is 3. The zero-order valence-electron chi connectivity index (χ0n) is 18.2. The number of carboxylic acids is 1. The minimum atomic E-state index is -1.25. The van der Waals surface area contributed by atoms with Gasteiger partial charge >= 0.3 is 12.1 Å². The molecule has 0 spiro atoms. The van der Waals surface area contributed by atoms with Crippen LogP contribution in [0.4, 0.5) is 4.79 Å². The highest BCUT2D eigenvalue weighted by molar-refractivity contribution is 14.1. The van der Waals surface area contributed by atoms with Gasteiger partial charge in [0.15, 0.2) is 0 Å². The van der Waals surface area contributed by atoms with Gasteiger partial charge < -0.3 is 20.5 Å². The molecule has 0 radical (unpaired) electrons. The van der Waals surface area contributed by atoms with Crippen LogP contribution in [0.1, 0.15) is 29.0 Å². The Kier molecular flexibility index (Phi) is 7.46. The van der Waals surface area contributed by atoms with Crippen LogP contribution >= 0.6 is 22.6 Å². The molecule has 0 aromatic heterocycles. The van der Waals surface area contributed by atoms with Crippen molar-refractivity contribution in [3.63, 3.8) is 0 Å². The highest BCUT2D eigenvalue weighted by atomic mass is 127. The van der Waals surface area contributed by atoms with Crippen molar-refractivity contribution in [3.05, 3.63) is 93.1 Å². The second kappa shape index (κ2) is 10.7. The number of hydrogen-bond donors (Lipinski definition) is 3. The topological polar surface area (TPSA) is 105 Å². The first-order chi connectivity index (χ1) is 16.4. The first-order valence-corrected chi connectivity index (χ1v) is 11.9. The third-order valence-corrected chi connectivity index (χ3v) is 6.36. The molecule has 0 saturated heterocycles. The van der Waals surface area contributed by atoms with Crippen molar-refractivity contribution in [1.29, 1.82) is 0 Å². The molecular formula is C26H23IN2O5. The summed E-state index contributed by atoms with van der Waals surface area (Å²) in [6.45, 7) is 0.294. The fourth-order valence-corrected chi connectivity index (χ4v) is 4.73. The Bertz CT molecular complexity index is 1180. The Hall–Kier alpha value is -3.40. The number of rotatable bonds is 8. The van der Waals surface area contributed by atoms with E-state index in [1.54, 1.807) is 0 Å². The summed E-state index contributed by atoms with van der Waals surface area (Å²) in [7, 11) is 0. The zero-order chi connectivity index (χ0) is 24.1. The van der Waals surface area contributed by atoms with E-state index in [4.69, 9.17) is 4.74 Å². The number of alkyl carbamates (subject to hydrolysis) is 1. The van der Waals surface area contributed by atoms with Gasteiger partial charge in [-0.15, -0.1) is 0 Å². The number of carboxylic acid groups (broad SMARTS) is 1. The summed E-state index contributed by atoms with van der Waals surface area (Å²) in [6.07, 6.45) is -1.39. The van der Waals surface area contributed by atoms with Crippen molar-refractivity contribution in [1.82, 2.24) is 10.6 Å². The van der Waals surface area contributed by atoms with E-state index in [2.05, 4.69) is 33.2 Å². The monoisotopic (exact) mass is 570 g/mol. The third-order valence-electron chi connectivity index (χ3n) is 5.69. The van der Waals surface area contributed by atoms with Crippen LogP contribution in [-0.2, 0) is 20.9 Å². The fourth-order valence-electron chi connectivity index (χ4n) is 4.13. The van der Waals surface area contributed by atoms with E-state index in [-0.39, 0.29) is 19.1 Å². The standard InChI is InChI=1S/C26H23IN2O5/c27-17-7-5-6-16(12-17)14-28-25(32)23(13-24(30)31)29-26(33)34-15-22-20-10-3-1-8-18(20)19-9-2-4-11-21(19)22/h1-12,22-23H,13-15H2,(H,28,32)(H,29,33)(H,30,31)/t23-/m0/s1. The number of amides is 2. The maximum Gasteiger partial charge on any atom is 0.407 e. The van der Waals surface area contributed by atoms with Crippen LogP contribution < -0.4 is 10.6 Å². The van der Waals surface area contributed by atoms with Crippen molar-refractivity contribution < 1.29 is 24.2 Å². The molecule has 3 N–H and O–H groups in total. The van der Waals surface area contributed by atoms with Crippen molar-refractivity contribution in [2.24, 2.45) is 0 Å². The second-order valence-electron chi connectivity index (χ2n) is 7.97. The summed E-state index contributed by atoms with van der Waals surface area (Å²) < 4.78 is 6.47. The Morgan fingerprint density at radius 2 is 1.59 bits per heavy atom. The van der Waals surface area contributed by atoms with E-state index in [0.717, 1.165) is 31.4 Å². The number of fused-ring (bicyclic) bond motifs is 3. The number of carbonyl (C=O) groups excluding carboxylic acids is 2. The SMILES string of the molecule is O=C(O)C[C@H](NC(=O)OCC1c2ccccc2-c2ccccc21)C(=O)NCc1cccc(I)c1. The van der Waals surface area contributed by atoms with Gasteiger partial charge in [-0.25, -0.2) is 4.79 Å². The average molecular weight is 570 g/mol. The molecule has 0 aliphatic heterocycles. The van der Waals surface area contributed by atoms with Gasteiger partial charge in [0.1, 0.15) is 12.6 Å². The number of carbonyl (C=O) groups is 3. The maximum atomic E-state index is 12.6. The van der Waals surface area contributed by atoms with Gasteiger partial charge in [0, 0.05) is 16.0 Å². The van der Waals surface area contributed by atoms with Gasteiger partial charge in [-0.05, 0) is 62.5 Å². The summed E-state index contributed by atoms with van der Waals surface area (Å²) in [6, 6.07) is 22.2. The molecule has 0 bridgehead atoms. The highest BCUT2D eigenvalue weighted by Gasteiger charge is 2.30. The van der Waals surface area contributed by atoms with E-state index in [9.17, 15) is 19.5 Å². The molecular weight excluding hydrogens is 547 g/mol. The lowest BCUT2D eigenvalue weighted by Gasteiger charge is -2.19. The van der Waals surface area contributed by atoms with Crippen molar-refractivity contribution in [2.45, 2.75) is 24.9 Å². The number of hydrogen-bond acceptors (Lipinski definition) is 4. The Morgan fingerprint density at radius 3 is 2.21 bits per heavy atom. The number of halogens is 1. The van der Waals surface area contributed by atoms with E-state index in [1.807, 2.05) is 72.8 Å². The lowest BCUT2D eigenvalue weighted by atomic mass is 9.98. The molecule has 7 nitrogen and oxygen atoms in total. The van der Waals surface area contributed by atoms with Gasteiger partial charge in [0.05, 0.1) is 6.42 Å². The zero-order valence-corrected chi connectivity index (χ0v) is 20.3. The first-order valence-electron chi connectivity index (χ1n) is 10.8. The minimum absolute atomic E-state index is 0.0731. The summed E-state index contributed by atoms with van der Waals surface area (Å²) in [5, 5.41) is 14.3. The fraction of sp³-hybridized carbons (Fsp3) is 0.192. The van der Waals surface area contributed by atoms with E-state index < -0.39 is 30.4 Å². The van der Waals surface area contributed by atoms with Crippen molar-refractivity contribution in [2.75, 3.05) is 6.61 Å². The van der Waals surface area contributed by atoms with Gasteiger partial charge in [-0.1, -0.05) is 60.7 Å². The highest BCUT2D eigenvalue weighted by Crippen LogP contribution is 2.44. The molecule has 1 aliphatic rings. The largest absolute Gasteiger partial charge is 0.481 e. The Morgan fingerprint density at radius 1 is 0.941 bits per heavy atom. The van der Waals surface area contributed by atoms with Crippen LogP contribution in [0, 0.1) is 3.57 Å². The lowest BCUT2D eigenvalue weighted by Crippen LogP contribution is -2.48. The normalized spacial score (nSPS) is 12.9. The molecule has 34 heavy (non-hydrogen) atoms. The van der Waals surface area contributed by atoms with Crippen LogP contribution in [-0.4, -0.2) is 35.7 Å². The van der Waals surface area contributed by atoms with Gasteiger partial charge in [0.25, 0.3) is 0 Å². The minimum Gasteiger partial charge on any atom is -0.481 e. The summed E-state index contributed by atoms with van der Waals surface area (Å²) >= 11 is 2.17. The predicted octanol–water partition coefficient (Wildman–Crippen LogP) is 4.29. The average Bonchev–Trinajstić information content (AvgIpc) is 3.14. The summed E-state index contributed by atoms with van der Waals surface area (Å²) in [5.74, 6) is -1.92. The maximum absolute atomic E-state index is 12.6. The Balaban J connectivity index is 1.38. The number of aliphatic carboxylic acids is 1. The molecule has 1 atom stereocenters. The van der Waals surface area contributed by atoms with Gasteiger partial charge in [-0.3, -0.25) is 9.59 Å². The van der Waals surface area contributed by atoms with Crippen molar-refractivity contribution in [3.8, 4) is 11.1 Å². The number of nitrogens with one attached hydrogen (secondary N) is 2. The van der Waals surface area contributed by atoms with Crippen LogP contribution in [0.25, 0.3) is 11.1 Å². The molecule has 0 fully saturated rings. The summed E-state index contributed by atoms with van der Waals surface area (Å²) in [5.41, 5.74) is 5.20. The first kappa shape index (κ1) is 23.7. The molecule has 2 amide bonds. The third kappa shape index (κ3) is 5.56. The van der Waals surface area contributed by atoms with Crippen LogP contribution in [0.15, 0.2) is 72.8 Å². The van der Waals surface area contributed by atoms with Crippen LogP contribution in [0.5, 0.6) is 0 Å². The molecule has 174 valence electrons. The van der Waals surface area contributed by atoms with E-state index >= 15 is 0 Å². The van der Waals surface area contributed by atoms with Crippen LogP contribution in [0.2, 0.25) is 0 Å². The molecule has 0 saturated carbocycles. The summed E-state index contributed by atoms with van der Waals surface area (Å²) in [4.78, 5) is 36.4. The molecule has 1 aliphatic carbocycles. The van der Waals surface area contributed by atoms with Gasteiger partial charge in [-0.2, -0.15) is 0 Å². The molecule has 4 rings (SSSR count). The lowest BCUT2D eigenvalue weighted by molar-refractivity contribution is -0.139. The molecule has 3 aromatic carbocycles. The molecule has 0 heterocycles. The smallest absolute Gasteiger partial charge is 0.407 e. The molecule has 8 heteroatoms. The van der Waals surface area contributed by atoms with Gasteiger partial charge in [0.2, 0.25) is 5.91 Å². The number of ether oxygens (including phenoxy) is 1. The van der Waals surface area contributed by atoms with Crippen molar-refractivity contribution >= 4 is 40.6 Å². The second-order valence-corrected chi connectivity index (χ2v) is 9.21. The predicted molar refractivity (Wildman–Crippen MR) is 135 cm³/mol. The van der Waals surface area contributed by atoms with E-state index in [0.29, 0.717) is 0 Å². The molecule has 3 aromatic rings. The van der Waals surface area contributed by atoms with Crippen LogP contribution in [0.3, 0.4) is 0 Å².